The van der Waals surface area contributed by atoms with Crippen molar-refractivity contribution in [2.24, 2.45) is 5.41 Å². The number of hydrogen-bond donors (Lipinski definition) is 0. The Labute approximate surface area is 186 Å². The van der Waals surface area contributed by atoms with Crippen molar-refractivity contribution < 1.29 is 9.53 Å². The van der Waals surface area contributed by atoms with Crippen LogP contribution in [0.3, 0.4) is 0 Å². The minimum absolute atomic E-state index is 0.00666. The molecule has 0 fully saturated rings. The smallest absolute Gasteiger partial charge is 0.191 e. The van der Waals surface area contributed by atoms with Gasteiger partial charge in [-0.2, -0.15) is 0 Å². The highest BCUT2D eigenvalue weighted by Gasteiger charge is 2.24. The van der Waals surface area contributed by atoms with Gasteiger partial charge in [-0.25, -0.2) is 0 Å². The van der Waals surface area contributed by atoms with Crippen molar-refractivity contribution in [1.29, 1.82) is 0 Å². The van der Waals surface area contributed by atoms with Gasteiger partial charge in [-0.3, -0.25) is 4.79 Å². The maximum absolute atomic E-state index is 13.1. The molecular formula is C28H46O2. The van der Waals surface area contributed by atoms with E-state index in [0.717, 1.165) is 12.0 Å². The maximum atomic E-state index is 13.1. The van der Waals surface area contributed by atoms with Gasteiger partial charge in [0.25, 0.3) is 0 Å². The van der Waals surface area contributed by atoms with Crippen LogP contribution < -0.4 is 0 Å². The number of benzene rings is 1. The van der Waals surface area contributed by atoms with E-state index >= 15 is 0 Å². The quantitative estimate of drug-likeness (QED) is 0.318. The lowest BCUT2D eigenvalue weighted by Crippen LogP contribution is -2.24. The summed E-state index contributed by atoms with van der Waals surface area (Å²) in [6.07, 6.45) is 5.17. The zero-order valence-corrected chi connectivity index (χ0v) is 21.5. The molecule has 2 heteroatoms. The van der Waals surface area contributed by atoms with Crippen LogP contribution in [-0.4, -0.2) is 18.5 Å². The van der Waals surface area contributed by atoms with Gasteiger partial charge >= 0.3 is 0 Å². The summed E-state index contributed by atoms with van der Waals surface area (Å²) in [5, 5.41) is 0. The first-order valence-electron chi connectivity index (χ1n) is 11.5. The second-order valence-electron chi connectivity index (χ2n) is 12.1. The van der Waals surface area contributed by atoms with Crippen molar-refractivity contribution in [3.05, 3.63) is 46.5 Å². The zero-order valence-electron chi connectivity index (χ0n) is 21.5. The average molecular weight is 415 g/mol. The molecule has 0 heterocycles. The van der Waals surface area contributed by atoms with Crippen LogP contribution in [0, 0.1) is 5.41 Å². The second kappa shape index (κ2) is 10.3. The third-order valence-corrected chi connectivity index (χ3v) is 5.59. The molecular weight excluding hydrogens is 368 g/mol. The van der Waals surface area contributed by atoms with E-state index in [1.54, 1.807) is 0 Å². The molecule has 0 aromatic heterocycles. The van der Waals surface area contributed by atoms with Gasteiger partial charge in [0.2, 0.25) is 0 Å². The fraction of sp³-hybridized carbons (Fsp3) is 0.679. The Morgan fingerprint density at radius 2 is 1.43 bits per heavy atom. The van der Waals surface area contributed by atoms with Crippen LogP contribution >= 0.6 is 0 Å². The molecule has 1 aromatic carbocycles. The van der Waals surface area contributed by atoms with Crippen LogP contribution in [0.1, 0.15) is 117 Å². The molecule has 0 saturated carbocycles. The van der Waals surface area contributed by atoms with Gasteiger partial charge in [-0.05, 0) is 72.6 Å². The van der Waals surface area contributed by atoms with Crippen molar-refractivity contribution in [3.63, 3.8) is 0 Å². The first-order valence-corrected chi connectivity index (χ1v) is 11.5. The van der Waals surface area contributed by atoms with E-state index in [-0.39, 0.29) is 16.6 Å². The summed E-state index contributed by atoms with van der Waals surface area (Å²) in [6.45, 7) is 24.5. The summed E-state index contributed by atoms with van der Waals surface area (Å²) in [6, 6.07) is 6.34. The fourth-order valence-electron chi connectivity index (χ4n) is 3.28. The Bertz CT molecular complexity index is 701. The number of ether oxygens (including phenoxy) is 1. The third kappa shape index (κ3) is 9.16. The lowest BCUT2D eigenvalue weighted by molar-refractivity contribution is 0.0564. The molecule has 1 aromatic rings. The molecule has 170 valence electrons. The van der Waals surface area contributed by atoms with Crippen molar-refractivity contribution in [2.75, 3.05) is 6.61 Å². The molecule has 0 aliphatic rings. The Hall–Kier alpha value is -1.41. The van der Waals surface area contributed by atoms with E-state index in [1.807, 2.05) is 19.1 Å². The standard InChI is InChI=1S/C28H46O2/c1-20(13-12-15-26(3,4)5)14-16-30-21(2)25(29)22-17-23(27(6,7)8)19-24(18-22)28(9,10)11/h14,17-19,21H,12-13,15-16H2,1-11H3/b20-14+. The summed E-state index contributed by atoms with van der Waals surface area (Å²) in [5.74, 6) is 0.0605. The molecule has 0 N–H and O–H groups in total. The number of rotatable bonds is 8. The molecule has 0 aliphatic carbocycles. The zero-order chi connectivity index (χ0) is 23.3. The lowest BCUT2D eigenvalue weighted by atomic mass is 9.79. The Morgan fingerprint density at radius 1 is 0.933 bits per heavy atom. The lowest BCUT2D eigenvalue weighted by Gasteiger charge is -2.26. The van der Waals surface area contributed by atoms with Crippen molar-refractivity contribution in [2.45, 2.75) is 112 Å². The number of ketones is 1. The van der Waals surface area contributed by atoms with Gasteiger partial charge in [0.15, 0.2) is 5.78 Å². The Kier molecular flexibility index (Phi) is 9.11. The van der Waals surface area contributed by atoms with Crippen molar-refractivity contribution in [3.8, 4) is 0 Å². The van der Waals surface area contributed by atoms with E-state index in [4.69, 9.17) is 4.74 Å². The van der Waals surface area contributed by atoms with E-state index in [9.17, 15) is 4.79 Å². The highest BCUT2D eigenvalue weighted by atomic mass is 16.5. The van der Waals surface area contributed by atoms with Crippen LogP contribution in [0.4, 0.5) is 0 Å². The van der Waals surface area contributed by atoms with E-state index in [1.165, 1.54) is 29.5 Å². The molecule has 1 unspecified atom stereocenters. The maximum Gasteiger partial charge on any atom is 0.191 e. The van der Waals surface area contributed by atoms with E-state index in [2.05, 4.69) is 81.4 Å². The molecule has 0 bridgehead atoms. The third-order valence-electron chi connectivity index (χ3n) is 5.59. The molecule has 1 atom stereocenters. The number of carbonyl (C=O) groups is 1. The second-order valence-corrected chi connectivity index (χ2v) is 12.1. The predicted octanol–water partition coefficient (Wildman–Crippen LogP) is 8.03. The van der Waals surface area contributed by atoms with Crippen LogP contribution in [0.5, 0.6) is 0 Å². The highest BCUT2D eigenvalue weighted by Crippen LogP contribution is 2.31. The van der Waals surface area contributed by atoms with Gasteiger partial charge in [-0.1, -0.05) is 80.0 Å². The Morgan fingerprint density at radius 3 is 1.87 bits per heavy atom. The minimum atomic E-state index is -0.452. The van der Waals surface area contributed by atoms with E-state index in [0.29, 0.717) is 12.0 Å². The first kappa shape index (κ1) is 26.6. The topological polar surface area (TPSA) is 26.3 Å². The number of allylic oxidation sites excluding steroid dienone is 1. The van der Waals surface area contributed by atoms with Gasteiger partial charge < -0.3 is 4.74 Å². The number of hydrogen-bond acceptors (Lipinski definition) is 2. The molecule has 0 saturated heterocycles. The highest BCUT2D eigenvalue weighted by molar-refractivity contribution is 5.99. The molecule has 0 aliphatic heterocycles. The van der Waals surface area contributed by atoms with Gasteiger partial charge in [-0.15, -0.1) is 0 Å². The fourth-order valence-corrected chi connectivity index (χ4v) is 3.28. The monoisotopic (exact) mass is 414 g/mol. The predicted molar refractivity (Wildman–Crippen MR) is 131 cm³/mol. The number of carbonyl (C=O) groups excluding carboxylic acids is 1. The number of Topliss-reactive ketones (excluding diaryl/α,β-unsaturated/α-hetero) is 1. The molecule has 30 heavy (non-hydrogen) atoms. The minimum Gasteiger partial charge on any atom is -0.366 e. The van der Waals surface area contributed by atoms with Gasteiger partial charge in [0.05, 0.1) is 6.61 Å². The van der Waals surface area contributed by atoms with Crippen LogP contribution in [-0.2, 0) is 15.6 Å². The van der Waals surface area contributed by atoms with Crippen molar-refractivity contribution >= 4 is 5.78 Å². The Balaban J connectivity index is 2.84. The van der Waals surface area contributed by atoms with Gasteiger partial charge in [0.1, 0.15) is 6.10 Å². The van der Waals surface area contributed by atoms with Crippen LogP contribution in [0.25, 0.3) is 0 Å². The summed E-state index contributed by atoms with van der Waals surface area (Å²) in [4.78, 5) is 13.1. The summed E-state index contributed by atoms with van der Waals surface area (Å²) < 4.78 is 5.90. The summed E-state index contributed by atoms with van der Waals surface area (Å²) in [5.41, 5.74) is 4.85. The van der Waals surface area contributed by atoms with Crippen LogP contribution in [0.15, 0.2) is 29.8 Å². The SMILES string of the molecule is C/C(=C\COC(C)C(=O)c1cc(C(C)(C)C)cc(C(C)(C)C)c1)CCCC(C)(C)C. The average Bonchev–Trinajstić information content (AvgIpc) is 2.57. The molecule has 1 rings (SSSR count). The molecule has 0 amide bonds. The first-order chi connectivity index (χ1) is 13.5. The van der Waals surface area contributed by atoms with Crippen LogP contribution in [0.2, 0.25) is 0 Å². The molecule has 0 radical (unpaired) electrons. The summed E-state index contributed by atoms with van der Waals surface area (Å²) >= 11 is 0. The largest absolute Gasteiger partial charge is 0.366 e. The van der Waals surface area contributed by atoms with Gasteiger partial charge in [0, 0.05) is 5.56 Å². The summed E-state index contributed by atoms with van der Waals surface area (Å²) in [7, 11) is 0. The van der Waals surface area contributed by atoms with E-state index < -0.39 is 6.10 Å². The van der Waals surface area contributed by atoms with Crippen molar-refractivity contribution in [1.82, 2.24) is 0 Å². The molecule has 0 spiro atoms. The molecule has 2 nitrogen and oxygen atoms in total. The normalized spacial score (nSPS) is 14.7.